The topological polar surface area (TPSA) is 90.7 Å². The summed E-state index contributed by atoms with van der Waals surface area (Å²) in [6.07, 6.45) is -0.0449. The van der Waals surface area contributed by atoms with Crippen molar-refractivity contribution in [2.24, 2.45) is 0 Å². The molecular weight excluding hydrogens is 308 g/mol. The number of benzene rings is 2. The Labute approximate surface area is 140 Å². The summed E-state index contributed by atoms with van der Waals surface area (Å²) in [4.78, 5) is 23.7. The van der Waals surface area contributed by atoms with E-state index in [1.165, 1.54) is 7.11 Å². The van der Waals surface area contributed by atoms with Gasteiger partial charge in [-0.15, -0.1) is 0 Å². The van der Waals surface area contributed by atoms with Crippen molar-refractivity contribution in [2.45, 2.75) is 20.0 Å². The number of esters is 1. The minimum Gasteiger partial charge on any atom is -0.489 e. The van der Waals surface area contributed by atoms with Crippen molar-refractivity contribution in [3.05, 3.63) is 53.6 Å². The van der Waals surface area contributed by atoms with Gasteiger partial charge in [-0.05, 0) is 56.3 Å². The van der Waals surface area contributed by atoms with E-state index in [0.717, 1.165) is 0 Å². The van der Waals surface area contributed by atoms with E-state index >= 15 is 0 Å². The average molecular weight is 328 g/mol. The molecule has 3 N–H and O–H groups in total. The fraction of sp³-hybridized carbons (Fsp3) is 0.222. The molecule has 0 radical (unpaired) electrons. The zero-order chi connectivity index (χ0) is 17.7. The van der Waals surface area contributed by atoms with Crippen LogP contribution in [0.3, 0.4) is 0 Å². The molecule has 0 aliphatic heterocycles. The molecule has 0 spiro atoms. The lowest BCUT2D eigenvalue weighted by atomic mass is 10.1. The zero-order valence-corrected chi connectivity index (χ0v) is 13.8. The molecule has 0 saturated heterocycles. The highest BCUT2D eigenvalue weighted by Crippen LogP contribution is 2.24. The number of hydrogen-bond donors (Lipinski definition) is 2. The lowest BCUT2D eigenvalue weighted by Gasteiger charge is -2.13. The Morgan fingerprint density at radius 3 is 2.25 bits per heavy atom. The third kappa shape index (κ3) is 4.25. The van der Waals surface area contributed by atoms with Gasteiger partial charge in [0.05, 0.1) is 24.5 Å². The SMILES string of the molecule is COC(=O)c1ccc(NC(=O)c2ccc(N)c(OC(C)C)c2)cc1. The number of carbonyl (C=O) groups excluding carboxylic acids is 2. The molecule has 0 fully saturated rings. The normalized spacial score (nSPS) is 10.3. The summed E-state index contributed by atoms with van der Waals surface area (Å²) in [5, 5.41) is 2.75. The van der Waals surface area contributed by atoms with Crippen LogP contribution >= 0.6 is 0 Å². The maximum absolute atomic E-state index is 12.3. The number of nitrogen functional groups attached to an aromatic ring is 1. The van der Waals surface area contributed by atoms with Gasteiger partial charge in [-0.25, -0.2) is 4.79 Å². The molecular formula is C18H20N2O4. The van der Waals surface area contributed by atoms with E-state index in [-0.39, 0.29) is 12.0 Å². The lowest BCUT2D eigenvalue weighted by Crippen LogP contribution is -2.14. The van der Waals surface area contributed by atoms with Gasteiger partial charge in [-0.3, -0.25) is 4.79 Å². The van der Waals surface area contributed by atoms with Gasteiger partial charge in [-0.1, -0.05) is 0 Å². The summed E-state index contributed by atoms with van der Waals surface area (Å²) in [5.41, 5.74) is 7.73. The maximum Gasteiger partial charge on any atom is 0.337 e. The molecule has 1 amide bonds. The Morgan fingerprint density at radius 2 is 1.67 bits per heavy atom. The Balaban J connectivity index is 2.13. The molecule has 24 heavy (non-hydrogen) atoms. The summed E-state index contributed by atoms with van der Waals surface area (Å²) in [6.45, 7) is 3.77. The molecule has 0 aliphatic carbocycles. The molecule has 0 bridgehead atoms. The molecule has 0 unspecified atom stereocenters. The lowest BCUT2D eigenvalue weighted by molar-refractivity contribution is 0.0600. The van der Waals surface area contributed by atoms with Crippen molar-refractivity contribution < 1.29 is 19.1 Å². The molecule has 0 saturated carbocycles. The van der Waals surface area contributed by atoms with Crippen molar-refractivity contribution in [1.82, 2.24) is 0 Å². The monoisotopic (exact) mass is 328 g/mol. The van der Waals surface area contributed by atoms with Gasteiger partial charge < -0.3 is 20.5 Å². The summed E-state index contributed by atoms with van der Waals surface area (Å²) in [5.74, 6) is -0.255. The summed E-state index contributed by atoms with van der Waals surface area (Å²) in [6, 6.07) is 11.3. The van der Waals surface area contributed by atoms with Crippen LogP contribution in [0, 0.1) is 0 Å². The molecule has 2 rings (SSSR count). The maximum atomic E-state index is 12.3. The molecule has 0 aromatic heterocycles. The number of anilines is 2. The highest BCUT2D eigenvalue weighted by atomic mass is 16.5. The van der Waals surface area contributed by atoms with Crippen molar-refractivity contribution in [1.29, 1.82) is 0 Å². The smallest absolute Gasteiger partial charge is 0.337 e. The van der Waals surface area contributed by atoms with E-state index < -0.39 is 5.97 Å². The average Bonchev–Trinajstić information content (AvgIpc) is 2.56. The minimum atomic E-state index is -0.429. The first-order chi connectivity index (χ1) is 11.4. The number of ether oxygens (including phenoxy) is 2. The third-order valence-electron chi connectivity index (χ3n) is 3.20. The number of methoxy groups -OCH3 is 1. The van der Waals surface area contributed by atoms with Gasteiger partial charge in [0.15, 0.2) is 0 Å². The first-order valence-electron chi connectivity index (χ1n) is 7.46. The van der Waals surface area contributed by atoms with Gasteiger partial charge in [0.25, 0.3) is 5.91 Å². The van der Waals surface area contributed by atoms with Crippen LogP contribution in [0.5, 0.6) is 5.75 Å². The summed E-state index contributed by atoms with van der Waals surface area (Å²) in [7, 11) is 1.32. The van der Waals surface area contributed by atoms with Crippen molar-refractivity contribution in [3.63, 3.8) is 0 Å². The number of nitrogens with two attached hydrogens (primary N) is 1. The molecule has 0 atom stereocenters. The third-order valence-corrected chi connectivity index (χ3v) is 3.20. The van der Waals surface area contributed by atoms with Crippen LogP contribution < -0.4 is 15.8 Å². The largest absolute Gasteiger partial charge is 0.489 e. The number of hydrogen-bond acceptors (Lipinski definition) is 5. The van der Waals surface area contributed by atoms with Crippen LogP contribution in [0.15, 0.2) is 42.5 Å². The fourth-order valence-corrected chi connectivity index (χ4v) is 2.04. The second-order valence-corrected chi connectivity index (χ2v) is 5.44. The van der Waals surface area contributed by atoms with Gasteiger partial charge in [0.1, 0.15) is 5.75 Å². The quantitative estimate of drug-likeness (QED) is 0.650. The Bertz CT molecular complexity index is 739. The standard InChI is InChI=1S/C18H20N2O4/c1-11(2)24-16-10-13(6-9-15(16)19)17(21)20-14-7-4-12(5-8-14)18(22)23-3/h4-11H,19H2,1-3H3,(H,20,21). The Hall–Kier alpha value is -3.02. The molecule has 6 nitrogen and oxygen atoms in total. The van der Waals surface area contributed by atoms with E-state index in [0.29, 0.717) is 28.3 Å². The van der Waals surface area contributed by atoms with E-state index in [1.807, 2.05) is 13.8 Å². The van der Waals surface area contributed by atoms with Gasteiger partial charge in [-0.2, -0.15) is 0 Å². The highest BCUT2D eigenvalue weighted by molar-refractivity contribution is 6.05. The Morgan fingerprint density at radius 1 is 1.04 bits per heavy atom. The fourth-order valence-electron chi connectivity index (χ4n) is 2.04. The van der Waals surface area contributed by atoms with E-state index in [4.69, 9.17) is 10.5 Å². The van der Waals surface area contributed by atoms with E-state index in [9.17, 15) is 9.59 Å². The van der Waals surface area contributed by atoms with Crippen LogP contribution in [-0.2, 0) is 4.74 Å². The second-order valence-electron chi connectivity index (χ2n) is 5.44. The summed E-state index contributed by atoms with van der Waals surface area (Å²) < 4.78 is 10.2. The number of carbonyl (C=O) groups is 2. The van der Waals surface area contributed by atoms with Crippen molar-refractivity contribution >= 4 is 23.3 Å². The van der Waals surface area contributed by atoms with Crippen LogP contribution in [-0.4, -0.2) is 25.1 Å². The predicted molar refractivity (Wildman–Crippen MR) is 92.4 cm³/mol. The van der Waals surface area contributed by atoms with Gasteiger partial charge >= 0.3 is 5.97 Å². The van der Waals surface area contributed by atoms with E-state index in [2.05, 4.69) is 10.1 Å². The van der Waals surface area contributed by atoms with Crippen LogP contribution in [0.4, 0.5) is 11.4 Å². The predicted octanol–water partition coefficient (Wildman–Crippen LogP) is 3.09. The van der Waals surface area contributed by atoms with E-state index in [1.54, 1.807) is 42.5 Å². The molecule has 126 valence electrons. The first kappa shape index (κ1) is 17.3. The number of amides is 1. The van der Waals surface area contributed by atoms with Crippen LogP contribution in [0.1, 0.15) is 34.6 Å². The zero-order valence-electron chi connectivity index (χ0n) is 13.8. The molecule has 2 aromatic rings. The van der Waals surface area contributed by atoms with Crippen molar-refractivity contribution in [2.75, 3.05) is 18.2 Å². The number of rotatable bonds is 5. The molecule has 6 heteroatoms. The van der Waals surface area contributed by atoms with Gasteiger partial charge in [0, 0.05) is 11.3 Å². The molecule has 2 aromatic carbocycles. The second kappa shape index (κ2) is 7.50. The molecule has 0 heterocycles. The van der Waals surface area contributed by atoms with Crippen LogP contribution in [0.2, 0.25) is 0 Å². The highest BCUT2D eigenvalue weighted by Gasteiger charge is 2.11. The minimum absolute atomic E-state index is 0.0449. The Kier molecular flexibility index (Phi) is 5.42. The number of nitrogens with one attached hydrogen (secondary N) is 1. The first-order valence-corrected chi connectivity index (χ1v) is 7.46. The van der Waals surface area contributed by atoms with Gasteiger partial charge in [0.2, 0.25) is 0 Å². The summed E-state index contributed by atoms with van der Waals surface area (Å²) >= 11 is 0. The molecule has 0 aliphatic rings. The van der Waals surface area contributed by atoms with Crippen LogP contribution in [0.25, 0.3) is 0 Å². The van der Waals surface area contributed by atoms with Crippen molar-refractivity contribution in [3.8, 4) is 5.75 Å².